The minimum Gasteiger partial charge on any atom is -0.311 e. The molecule has 4 heteroatoms. The summed E-state index contributed by atoms with van der Waals surface area (Å²) in [4.78, 5) is 11.6. The molecule has 0 N–H and O–H groups in total. The van der Waals surface area contributed by atoms with Crippen LogP contribution in [0.4, 0.5) is 4.39 Å². The first-order valence-electron chi connectivity index (χ1n) is 5.05. The minimum atomic E-state index is -0.344. The molecule has 17 heavy (non-hydrogen) atoms. The highest BCUT2D eigenvalue weighted by Crippen LogP contribution is 2.07. The smallest absolute Gasteiger partial charge is 0.252 e. The Morgan fingerprint density at radius 1 is 1.29 bits per heavy atom. The van der Waals surface area contributed by atoms with Gasteiger partial charge in [0.05, 0.1) is 18.2 Å². The topological polar surface area (TPSA) is 45.8 Å². The number of hydrogen-bond acceptors (Lipinski definition) is 2. The Morgan fingerprint density at radius 3 is 2.71 bits per heavy atom. The van der Waals surface area contributed by atoms with Crippen molar-refractivity contribution in [2.75, 3.05) is 0 Å². The van der Waals surface area contributed by atoms with Crippen LogP contribution >= 0.6 is 0 Å². The lowest BCUT2D eigenvalue weighted by molar-refractivity contribution is 0.596. The number of benzene rings is 1. The highest BCUT2D eigenvalue weighted by molar-refractivity contribution is 5.26. The van der Waals surface area contributed by atoms with Gasteiger partial charge < -0.3 is 4.57 Å². The monoisotopic (exact) mass is 228 g/mol. The third-order valence-electron chi connectivity index (χ3n) is 2.42. The van der Waals surface area contributed by atoms with Crippen molar-refractivity contribution in [3.05, 3.63) is 69.9 Å². The fraction of sp³-hybridized carbons (Fsp3) is 0.0769. The van der Waals surface area contributed by atoms with Crippen LogP contribution in [0.25, 0.3) is 0 Å². The second-order valence-electron chi connectivity index (χ2n) is 3.58. The number of aromatic nitrogens is 1. The normalized spacial score (nSPS) is 9.88. The van der Waals surface area contributed by atoms with Crippen molar-refractivity contribution in [2.45, 2.75) is 6.54 Å². The molecule has 3 nitrogen and oxygen atoms in total. The maximum absolute atomic E-state index is 13.4. The Balaban J connectivity index is 2.35. The van der Waals surface area contributed by atoms with E-state index in [1.54, 1.807) is 18.2 Å². The van der Waals surface area contributed by atoms with Gasteiger partial charge in [0.15, 0.2) is 0 Å². The van der Waals surface area contributed by atoms with E-state index in [1.807, 2.05) is 6.07 Å². The summed E-state index contributed by atoms with van der Waals surface area (Å²) in [5.74, 6) is -0.344. The third-order valence-corrected chi connectivity index (χ3v) is 2.42. The van der Waals surface area contributed by atoms with Gasteiger partial charge in [0.1, 0.15) is 5.82 Å². The number of rotatable bonds is 2. The first kappa shape index (κ1) is 11.1. The predicted octanol–water partition coefficient (Wildman–Crippen LogP) is 1.91. The Hall–Kier alpha value is -2.41. The van der Waals surface area contributed by atoms with Crippen molar-refractivity contribution in [1.82, 2.24) is 4.57 Å². The Bertz CT molecular complexity index is 640. The Kier molecular flexibility index (Phi) is 3.01. The molecule has 0 saturated heterocycles. The summed E-state index contributed by atoms with van der Waals surface area (Å²) in [7, 11) is 0. The van der Waals surface area contributed by atoms with Gasteiger partial charge in [0.2, 0.25) is 0 Å². The molecule has 1 aromatic carbocycles. The standard InChI is InChI=1S/C13H9FN2O/c14-12-4-2-1-3-11(12)9-16-6-5-10(8-15)7-13(16)17/h1-7H,9H2. The van der Waals surface area contributed by atoms with E-state index >= 15 is 0 Å². The fourth-order valence-electron chi connectivity index (χ4n) is 1.52. The van der Waals surface area contributed by atoms with Crippen LogP contribution < -0.4 is 5.56 Å². The minimum absolute atomic E-state index is 0.164. The van der Waals surface area contributed by atoms with Crippen molar-refractivity contribution in [1.29, 1.82) is 5.26 Å². The molecular formula is C13H9FN2O. The molecule has 0 aliphatic carbocycles. The molecule has 0 atom stereocenters. The van der Waals surface area contributed by atoms with Gasteiger partial charge in [-0.05, 0) is 12.1 Å². The lowest BCUT2D eigenvalue weighted by Gasteiger charge is -2.06. The average Bonchev–Trinajstić information content (AvgIpc) is 2.34. The molecule has 0 bridgehead atoms. The summed E-state index contributed by atoms with van der Waals surface area (Å²) in [5.41, 5.74) is 0.436. The van der Waals surface area contributed by atoms with Crippen LogP contribution in [0, 0.1) is 17.1 Å². The van der Waals surface area contributed by atoms with E-state index < -0.39 is 0 Å². The average molecular weight is 228 g/mol. The molecule has 0 spiro atoms. The summed E-state index contributed by atoms with van der Waals surface area (Å²) in [6.07, 6.45) is 1.49. The zero-order valence-corrected chi connectivity index (χ0v) is 8.93. The molecule has 2 aromatic rings. The lowest BCUT2D eigenvalue weighted by Crippen LogP contribution is -2.19. The highest BCUT2D eigenvalue weighted by atomic mass is 19.1. The second kappa shape index (κ2) is 4.62. The number of nitriles is 1. The van der Waals surface area contributed by atoms with Crippen LogP contribution in [0.3, 0.4) is 0 Å². The van der Waals surface area contributed by atoms with Crippen LogP contribution in [-0.4, -0.2) is 4.57 Å². The van der Waals surface area contributed by atoms with Gasteiger partial charge in [-0.25, -0.2) is 4.39 Å². The van der Waals surface area contributed by atoms with E-state index in [1.165, 1.54) is 29.0 Å². The van der Waals surface area contributed by atoms with E-state index in [4.69, 9.17) is 5.26 Å². The van der Waals surface area contributed by atoms with Gasteiger partial charge in [0, 0.05) is 17.8 Å². The summed E-state index contributed by atoms with van der Waals surface area (Å²) < 4.78 is 14.7. The molecule has 1 heterocycles. The van der Waals surface area contributed by atoms with E-state index in [2.05, 4.69) is 0 Å². The predicted molar refractivity (Wildman–Crippen MR) is 60.9 cm³/mol. The van der Waals surface area contributed by atoms with E-state index in [0.29, 0.717) is 11.1 Å². The van der Waals surface area contributed by atoms with Crippen molar-refractivity contribution >= 4 is 0 Å². The Labute approximate surface area is 97.4 Å². The van der Waals surface area contributed by atoms with Crippen LogP contribution in [0.15, 0.2) is 47.4 Å². The molecule has 1 aromatic heterocycles. The Morgan fingerprint density at radius 2 is 2.06 bits per heavy atom. The summed E-state index contributed by atoms with van der Waals surface area (Å²) in [5, 5.41) is 8.63. The van der Waals surface area contributed by atoms with Crippen LogP contribution in [0.1, 0.15) is 11.1 Å². The molecular weight excluding hydrogens is 219 g/mol. The molecule has 0 amide bonds. The first-order valence-corrected chi connectivity index (χ1v) is 5.05. The van der Waals surface area contributed by atoms with Gasteiger partial charge in [-0.3, -0.25) is 4.79 Å². The van der Waals surface area contributed by atoms with Crippen LogP contribution in [0.2, 0.25) is 0 Å². The number of nitrogens with zero attached hydrogens (tertiary/aromatic N) is 2. The SMILES string of the molecule is N#Cc1ccn(Cc2ccccc2F)c(=O)c1. The van der Waals surface area contributed by atoms with Gasteiger partial charge in [-0.2, -0.15) is 5.26 Å². The maximum atomic E-state index is 13.4. The van der Waals surface area contributed by atoms with Crippen molar-refractivity contribution in [3.63, 3.8) is 0 Å². The molecule has 84 valence electrons. The molecule has 0 saturated carbocycles. The van der Waals surface area contributed by atoms with Crippen molar-refractivity contribution in [3.8, 4) is 6.07 Å². The molecule has 0 aliphatic heterocycles. The zero-order valence-electron chi connectivity index (χ0n) is 8.93. The molecule has 2 rings (SSSR count). The quantitative estimate of drug-likeness (QED) is 0.788. The van der Waals surface area contributed by atoms with Crippen molar-refractivity contribution < 1.29 is 4.39 Å². The summed E-state index contributed by atoms with van der Waals surface area (Å²) in [6.45, 7) is 0.164. The van der Waals surface area contributed by atoms with Gasteiger partial charge >= 0.3 is 0 Å². The van der Waals surface area contributed by atoms with Crippen molar-refractivity contribution in [2.24, 2.45) is 0 Å². The number of halogens is 1. The summed E-state index contributed by atoms with van der Waals surface area (Å²) in [6, 6.07) is 10.9. The first-order chi connectivity index (χ1) is 8.20. The van der Waals surface area contributed by atoms with Gasteiger partial charge in [0.25, 0.3) is 5.56 Å². The van der Waals surface area contributed by atoms with Crippen LogP contribution in [0.5, 0.6) is 0 Å². The molecule has 0 unspecified atom stereocenters. The maximum Gasteiger partial charge on any atom is 0.252 e. The van der Waals surface area contributed by atoms with E-state index in [-0.39, 0.29) is 17.9 Å². The van der Waals surface area contributed by atoms with E-state index in [0.717, 1.165) is 0 Å². The lowest BCUT2D eigenvalue weighted by atomic mass is 10.2. The molecule has 0 aliphatic rings. The second-order valence-corrected chi connectivity index (χ2v) is 3.58. The number of pyridine rings is 1. The summed E-state index contributed by atoms with van der Waals surface area (Å²) >= 11 is 0. The largest absolute Gasteiger partial charge is 0.311 e. The van der Waals surface area contributed by atoms with Crippen LogP contribution in [-0.2, 0) is 6.54 Å². The van der Waals surface area contributed by atoms with E-state index in [9.17, 15) is 9.18 Å². The van der Waals surface area contributed by atoms with Gasteiger partial charge in [-0.15, -0.1) is 0 Å². The fourth-order valence-corrected chi connectivity index (χ4v) is 1.52. The van der Waals surface area contributed by atoms with Gasteiger partial charge in [-0.1, -0.05) is 18.2 Å². The third kappa shape index (κ3) is 2.40. The highest BCUT2D eigenvalue weighted by Gasteiger charge is 2.03. The molecule has 0 radical (unpaired) electrons. The number of hydrogen-bond donors (Lipinski definition) is 0. The zero-order chi connectivity index (χ0) is 12.3. The molecule has 0 fully saturated rings.